The quantitative estimate of drug-likeness (QED) is 0.841. The first kappa shape index (κ1) is 18.5. The molecule has 5 nitrogen and oxygen atoms in total. The van der Waals surface area contributed by atoms with Gasteiger partial charge in [0.05, 0.1) is 5.92 Å². The van der Waals surface area contributed by atoms with Crippen LogP contribution in [0.1, 0.15) is 38.7 Å². The first-order chi connectivity index (χ1) is 11.5. The van der Waals surface area contributed by atoms with Crippen molar-refractivity contribution in [1.82, 2.24) is 4.90 Å². The minimum atomic E-state index is -0.149. The van der Waals surface area contributed by atoms with Crippen LogP contribution in [0.3, 0.4) is 0 Å². The Bertz CT molecular complexity index is 556. The van der Waals surface area contributed by atoms with Crippen LogP contribution in [-0.2, 0) is 16.0 Å². The molecule has 1 aliphatic heterocycles. The van der Waals surface area contributed by atoms with E-state index in [9.17, 15) is 9.59 Å². The molecule has 0 bridgehead atoms. The number of benzene rings is 1. The van der Waals surface area contributed by atoms with E-state index in [4.69, 9.17) is 5.11 Å². The molecule has 0 aromatic heterocycles. The average molecular weight is 332 g/mol. The zero-order chi connectivity index (χ0) is 17.5. The van der Waals surface area contributed by atoms with Crippen molar-refractivity contribution >= 4 is 17.5 Å². The maximum Gasteiger partial charge on any atom is 0.229 e. The molecule has 2 unspecified atom stereocenters. The van der Waals surface area contributed by atoms with E-state index in [1.54, 1.807) is 0 Å². The van der Waals surface area contributed by atoms with Gasteiger partial charge in [0, 0.05) is 31.3 Å². The molecule has 24 heavy (non-hydrogen) atoms. The molecule has 0 spiro atoms. The molecular weight excluding hydrogens is 304 g/mol. The van der Waals surface area contributed by atoms with E-state index in [-0.39, 0.29) is 30.3 Å². The minimum Gasteiger partial charge on any atom is -0.396 e. The lowest BCUT2D eigenvalue weighted by Gasteiger charge is -2.33. The topological polar surface area (TPSA) is 69.6 Å². The third-order valence-electron chi connectivity index (χ3n) is 4.76. The van der Waals surface area contributed by atoms with Gasteiger partial charge in [0.15, 0.2) is 0 Å². The molecule has 2 rings (SSSR count). The van der Waals surface area contributed by atoms with Crippen LogP contribution < -0.4 is 5.32 Å². The van der Waals surface area contributed by atoms with Crippen molar-refractivity contribution in [3.63, 3.8) is 0 Å². The number of carbonyl (C=O) groups excluding carboxylic acids is 2. The fourth-order valence-corrected chi connectivity index (χ4v) is 3.01. The second-order valence-corrected chi connectivity index (χ2v) is 6.59. The molecule has 0 radical (unpaired) electrons. The molecule has 2 N–H and O–H groups in total. The van der Waals surface area contributed by atoms with Crippen LogP contribution in [0.5, 0.6) is 0 Å². The van der Waals surface area contributed by atoms with Crippen molar-refractivity contribution in [2.24, 2.45) is 11.8 Å². The Morgan fingerprint density at radius 3 is 2.67 bits per heavy atom. The maximum atomic E-state index is 12.5. The van der Waals surface area contributed by atoms with E-state index in [0.29, 0.717) is 13.0 Å². The Hall–Kier alpha value is -1.88. The predicted molar refractivity (Wildman–Crippen MR) is 94.6 cm³/mol. The van der Waals surface area contributed by atoms with Crippen LogP contribution in [0.25, 0.3) is 0 Å². The first-order valence-corrected chi connectivity index (χ1v) is 8.84. The Morgan fingerprint density at radius 1 is 1.33 bits per heavy atom. The maximum absolute atomic E-state index is 12.5. The van der Waals surface area contributed by atoms with E-state index in [1.807, 2.05) is 43.0 Å². The third kappa shape index (κ3) is 4.81. The molecule has 0 saturated carbocycles. The van der Waals surface area contributed by atoms with Gasteiger partial charge in [-0.3, -0.25) is 9.59 Å². The van der Waals surface area contributed by atoms with Crippen molar-refractivity contribution in [3.05, 3.63) is 29.8 Å². The van der Waals surface area contributed by atoms with E-state index in [2.05, 4.69) is 5.32 Å². The summed E-state index contributed by atoms with van der Waals surface area (Å²) in [5, 5.41) is 11.9. The molecule has 2 atom stereocenters. The largest absolute Gasteiger partial charge is 0.396 e. The lowest BCUT2D eigenvalue weighted by molar-refractivity contribution is -0.138. The second kappa shape index (κ2) is 8.83. The molecule has 132 valence electrons. The third-order valence-corrected chi connectivity index (χ3v) is 4.76. The molecule has 1 aromatic rings. The van der Waals surface area contributed by atoms with E-state index in [1.165, 1.54) is 0 Å². The molecule has 0 aliphatic carbocycles. The van der Waals surface area contributed by atoms with Gasteiger partial charge in [-0.2, -0.15) is 0 Å². The fraction of sp³-hybridized carbons (Fsp3) is 0.579. The van der Waals surface area contributed by atoms with E-state index < -0.39 is 0 Å². The smallest absolute Gasteiger partial charge is 0.229 e. The average Bonchev–Trinajstić information content (AvgIpc) is 2.62. The highest BCUT2D eigenvalue weighted by atomic mass is 16.3. The Labute approximate surface area is 144 Å². The van der Waals surface area contributed by atoms with Crippen LogP contribution in [-0.4, -0.2) is 41.5 Å². The van der Waals surface area contributed by atoms with E-state index in [0.717, 1.165) is 37.1 Å². The summed E-state index contributed by atoms with van der Waals surface area (Å²) >= 11 is 0. The summed E-state index contributed by atoms with van der Waals surface area (Å²) in [6.07, 6.45) is 3.13. The van der Waals surface area contributed by atoms with Crippen LogP contribution in [0.2, 0.25) is 0 Å². The van der Waals surface area contributed by atoms with Crippen LogP contribution >= 0.6 is 0 Å². The number of carbonyl (C=O) groups is 2. The number of likely N-dealkylation sites (tertiary alicyclic amines) is 1. The Morgan fingerprint density at radius 2 is 2.04 bits per heavy atom. The van der Waals surface area contributed by atoms with Crippen LogP contribution in [0.15, 0.2) is 24.3 Å². The molecule has 1 saturated heterocycles. The van der Waals surface area contributed by atoms with Gasteiger partial charge in [-0.25, -0.2) is 0 Å². The number of rotatable bonds is 6. The highest BCUT2D eigenvalue weighted by Gasteiger charge is 2.29. The molecule has 5 heteroatoms. The summed E-state index contributed by atoms with van der Waals surface area (Å²) in [7, 11) is 0. The summed E-state index contributed by atoms with van der Waals surface area (Å²) in [4.78, 5) is 26.7. The SMILES string of the molecule is CCC(C)C(=O)N1CCCC(C(=O)Nc2ccc(CCO)cc2)C1. The van der Waals surface area contributed by atoms with Gasteiger partial charge in [-0.15, -0.1) is 0 Å². The lowest BCUT2D eigenvalue weighted by atomic mass is 9.95. The summed E-state index contributed by atoms with van der Waals surface area (Å²) < 4.78 is 0. The Balaban J connectivity index is 1.92. The molecular formula is C19H28N2O3. The predicted octanol–water partition coefficient (Wildman–Crippen LogP) is 2.44. The number of hydrogen-bond donors (Lipinski definition) is 2. The van der Waals surface area contributed by atoms with Gasteiger partial charge in [0.25, 0.3) is 0 Å². The second-order valence-electron chi connectivity index (χ2n) is 6.59. The van der Waals surface area contributed by atoms with Crippen LogP contribution in [0, 0.1) is 11.8 Å². The number of nitrogens with one attached hydrogen (secondary N) is 1. The number of aliphatic hydroxyl groups is 1. The van der Waals surface area contributed by atoms with Gasteiger partial charge in [-0.1, -0.05) is 26.0 Å². The summed E-state index contributed by atoms with van der Waals surface area (Å²) in [5.74, 6) is 0.00432. The Kier molecular flexibility index (Phi) is 6.79. The molecule has 1 aromatic carbocycles. The summed E-state index contributed by atoms with van der Waals surface area (Å²) in [6, 6.07) is 7.53. The zero-order valence-corrected chi connectivity index (χ0v) is 14.6. The fourth-order valence-electron chi connectivity index (χ4n) is 3.01. The summed E-state index contributed by atoms with van der Waals surface area (Å²) in [5.41, 5.74) is 1.80. The van der Waals surface area contributed by atoms with E-state index >= 15 is 0 Å². The zero-order valence-electron chi connectivity index (χ0n) is 14.6. The van der Waals surface area contributed by atoms with Gasteiger partial charge in [0.1, 0.15) is 0 Å². The van der Waals surface area contributed by atoms with Gasteiger partial charge >= 0.3 is 0 Å². The standard InChI is InChI=1S/C19H28N2O3/c1-3-14(2)19(24)21-11-4-5-16(13-21)18(23)20-17-8-6-15(7-9-17)10-12-22/h6-9,14,16,22H,3-5,10-13H2,1-2H3,(H,20,23). The molecule has 1 aliphatic rings. The van der Waals surface area contributed by atoms with Crippen molar-refractivity contribution in [3.8, 4) is 0 Å². The van der Waals surface area contributed by atoms with Crippen molar-refractivity contribution in [2.45, 2.75) is 39.5 Å². The summed E-state index contributed by atoms with van der Waals surface area (Å²) in [6.45, 7) is 5.34. The highest BCUT2D eigenvalue weighted by molar-refractivity contribution is 5.93. The molecule has 1 fully saturated rings. The number of nitrogens with zero attached hydrogens (tertiary/aromatic N) is 1. The number of hydrogen-bond acceptors (Lipinski definition) is 3. The van der Waals surface area contributed by atoms with Crippen molar-refractivity contribution < 1.29 is 14.7 Å². The lowest BCUT2D eigenvalue weighted by Crippen LogP contribution is -2.45. The number of anilines is 1. The molecule has 2 amide bonds. The van der Waals surface area contributed by atoms with Gasteiger partial charge in [-0.05, 0) is 43.4 Å². The monoisotopic (exact) mass is 332 g/mol. The first-order valence-electron chi connectivity index (χ1n) is 8.84. The van der Waals surface area contributed by atoms with Crippen molar-refractivity contribution in [2.75, 3.05) is 25.0 Å². The number of piperidine rings is 1. The number of aliphatic hydroxyl groups excluding tert-OH is 1. The van der Waals surface area contributed by atoms with Crippen LogP contribution in [0.4, 0.5) is 5.69 Å². The minimum absolute atomic E-state index is 0.0193. The highest BCUT2D eigenvalue weighted by Crippen LogP contribution is 2.21. The number of amides is 2. The molecule has 1 heterocycles. The van der Waals surface area contributed by atoms with Crippen molar-refractivity contribution in [1.29, 1.82) is 0 Å². The normalized spacial score (nSPS) is 19.0. The van der Waals surface area contributed by atoms with Gasteiger partial charge < -0.3 is 15.3 Å². The van der Waals surface area contributed by atoms with Gasteiger partial charge in [0.2, 0.25) is 11.8 Å².